The molecular weight excluding hydrogens is 382 g/mol. The van der Waals surface area contributed by atoms with Crippen LogP contribution >= 0.6 is 31.9 Å². The number of fused-ring (bicyclic) bond motifs is 1. The molecule has 2 nitrogen and oxygen atoms in total. The van der Waals surface area contributed by atoms with E-state index in [2.05, 4.69) is 36.8 Å². The second-order valence-electron chi connectivity index (χ2n) is 4.36. The van der Waals surface area contributed by atoms with Crippen molar-refractivity contribution in [2.45, 2.75) is 0 Å². The lowest BCUT2D eigenvalue weighted by Crippen LogP contribution is -2.02. The minimum Gasteiger partial charge on any atom is -0.289 e. The molecule has 0 saturated carbocycles. The molecule has 0 amide bonds. The summed E-state index contributed by atoms with van der Waals surface area (Å²) in [6, 6.07) is 14.9. The summed E-state index contributed by atoms with van der Waals surface area (Å²) < 4.78 is 1.74. The summed E-state index contributed by atoms with van der Waals surface area (Å²) >= 11 is 6.82. The van der Waals surface area contributed by atoms with Crippen LogP contribution in [0.3, 0.4) is 0 Å². The molecule has 0 unspecified atom stereocenters. The van der Waals surface area contributed by atoms with E-state index in [1.54, 1.807) is 6.20 Å². The number of aromatic nitrogens is 1. The van der Waals surface area contributed by atoms with Crippen LogP contribution in [0.1, 0.15) is 15.9 Å². The Hall–Kier alpha value is -1.52. The highest BCUT2D eigenvalue weighted by Gasteiger charge is 2.13. The number of hydrogen-bond donors (Lipinski definition) is 0. The number of benzene rings is 2. The number of rotatable bonds is 2. The quantitative estimate of drug-likeness (QED) is 0.577. The molecule has 2 aromatic carbocycles. The monoisotopic (exact) mass is 389 g/mol. The molecule has 0 fully saturated rings. The average Bonchev–Trinajstić information content (AvgIpc) is 2.45. The molecule has 98 valence electrons. The van der Waals surface area contributed by atoms with Crippen LogP contribution in [0, 0.1) is 0 Å². The van der Waals surface area contributed by atoms with Gasteiger partial charge in [-0.1, -0.05) is 50.1 Å². The summed E-state index contributed by atoms with van der Waals surface area (Å²) in [6.45, 7) is 0. The lowest BCUT2D eigenvalue weighted by molar-refractivity contribution is 0.104. The average molecular weight is 391 g/mol. The Kier molecular flexibility index (Phi) is 3.68. The second kappa shape index (κ2) is 5.46. The van der Waals surface area contributed by atoms with Gasteiger partial charge < -0.3 is 0 Å². The van der Waals surface area contributed by atoms with E-state index in [-0.39, 0.29) is 5.78 Å². The lowest BCUT2D eigenvalue weighted by Gasteiger charge is -2.06. The molecule has 4 heteroatoms. The van der Waals surface area contributed by atoms with Gasteiger partial charge in [0.2, 0.25) is 0 Å². The van der Waals surface area contributed by atoms with E-state index in [1.807, 2.05) is 48.5 Å². The predicted molar refractivity (Wildman–Crippen MR) is 87.0 cm³/mol. The van der Waals surface area contributed by atoms with Crippen LogP contribution in [-0.2, 0) is 0 Å². The Morgan fingerprint density at radius 2 is 1.70 bits per heavy atom. The Morgan fingerprint density at radius 3 is 2.45 bits per heavy atom. The summed E-state index contributed by atoms with van der Waals surface area (Å²) in [5, 5.41) is 0.871. The molecule has 0 radical (unpaired) electrons. The lowest BCUT2D eigenvalue weighted by atomic mass is 9.99. The molecule has 0 aliphatic rings. The molecule has 0 N–H and O–H groups in total. The first kappa shape index (κ1) is 13.5. The number of pyridine rings is 1. The fraction of sp³-hybridized carbons (Fsp3) is 0. The smallest absolute Gasteiger partial charge is 0.193 e. The zero-order chi connectivity index (χ0) is 14.1. The Morgan fingerprint density at radius 1 is 0.950 bits per heavy atom. The molecule has 3 rings (SSSR count). The van der Waals surface area contributed by atoms with Crippen molar-refractivity contribution in [1.29, 1.82) is 0 Å². The summed E-state index contributed by atoms with van der Waals surface area (Å²) in [4.78, 5) is 17.0. The minimum atomic E-state index is -0.00870. The van der Waals surface area contributed by atoms with Gasteiger partial charge in [-0.15, -0.1) is 0 Å². The third-order valence-corrected chi connectivity index (χ3v) is 3.93. The third kappa shape index (κ3) is 2.53. The highest BCUT2D eigenvalue weighted by atomic mass is 79.9. The summed E-state index contributed by atoms with van der Waals surface area (Å²) in [6.07, 6.45) is 1.73. The topological polar surface area (TPSA) is 30.0 Å². The first-order chi connectivity index (χ1) is 9.65. The van der Waals surface area contributed by atoms with Crippen LogP contribution in [-0.4, -0.2) is 10.8 Å². The molecule has 20 heavy (non-hydrogen) atoms. The van der Waals surface area contributed by atoms with Crippen LogP contribution in [0.15, 0.2) is 63.7 Å². The predicted octanol–water partition coefficient (Wildman–Crippen LogP) is 4.99. The van der Waals surface area contributed by atoms with Crippen molar-refractivity contribution >= 4 is 48.5 Å². The molecule has 0 aliphatic carbocycles. The van der Waals surface area contributed by atoms with E-state index in [4.69, 9.17) is 0 Å². The van der Waals surface area contributed by atoms with Crippen LogP contribution in [0.2, 0.25) is 0 Å². The molecular formula is C16H9Br2NO. The van der Waals surface area contributed by atoms with Crippen LogP contribution in [0.25, 0.3) is 10.9 Å². The largest absolute Gasteiger partial charge is 0.289 e. The minimum absolute atomic E-state index is 0.00870. The van der Waals surface area contributed by atoms with Gasteiger partial charge in [-0.25, -0.2) is 0 Å². The van der Waals surface area contributed by atoms with Gasteiger partial charge in [0, 0.05) is 31.7 Å². The summed E-state index contributed by atoms with van der Waals surface area (Å²) in [5.74, 6) is -0.00870. The highest BCUT2D eigenvalue weighted by molar-refractivity contribution is 9.11. The van der Waals surface area contributed by atoms with Crippen LogP contribution in [0.4, 0.5) is 0 Å². The maximum Gasteiger partial charge on any atom is 0.193 e. The van der Waals surface area contributed by atoms with E-state index in [0.29, 0.717) is 11.1 Å². The Bertz CT molecular complexity index is 789. The Labute approximate surface area is 133 Å². The first-order valence-corrected chi connectivity index (χ1v) is 7.58. The Balaban J connectivity index is 2.17. The van der Waals surface area contributed by atoms with Crippen molar-refractivity contribution in [1.82, 2.24) is 4.98 Å². The summed E-state index contributed by atoms with van der Waals surface area (Å²) in [7, 11) is 0. The molecule has 0 aliphatic heterocycles. The van der Waals surface area contributed by atoms with Gasteiger partial charge >= 0.3 is 0 Å². The maximum atomic E-state index is 12.7. The fourth-order valence-corrected chi connectivity index (χ4v) is 3.44. The fourth-order valence-electron chi connectivity index (χ4n) is 2.14. The SMILES string of the molecule is O=C(c1cc(Br)cc(Br)c1)c1cccc2ncccc12. The van der Waals surface area contributed by atoms with Gasteiger partial charge in [-0.05, 0) is 30.3 Å². The van der Waals surface area contributed by atoms with Crippen molar-refractivity contribution in [2.24, 2.45) is 0 Å². The molecule has 0 atom stereocenters. The van der Waals surface area contributed by atoms with E-state index < -0.39 is 0 Å². The zero-order valence-corrected chi connectivity index (χ0v) is 13.5. The van der Waals surface area contributed by atoms with Gasteiger partial charge in [-0.3, -0.25) is 9.78 Å². The molecule has 0 bridgehead atoms. The number of hydrogen-bond acceptors (Lipinski definition) is 2. The number of ketones is 1. The summed E-state index contributed by atoms with van der Waals surface area (Å²) in [5.41, 5.74) is 2.13. The van der Waals surface area contributed by atoms with Gasteiger partial charge in [0.25, 0.3) is 0 Å². The van der Waals surface area contributed by atoms with Crippen molar-refractivity contribution in [3.63, 3.8) is 0 Å². The van der Waals surface area contributed by atoms with Crippen molar-refractivity contribution in [3.05, 3.63) is 74.8 Å². The van der Waals surface area contributed by atoms with Crippen LogP contribution in [0.5, 0.6) is 0 Å². The maximum absolute atomic E-state index is 12.7. The van der Waals surface area contributed by atoms with E-state index in [0.717, 1.165) is 19.8 Å². The number of carbonyl (C=O) groups is 1. The zero-order valence-electron chi connectivity index (χ0n) is 10.3. The third-order valence-electron chi connectivity index (χ3n) is 3.02. The highest BCUT2D eigenvalue weighted by Crippen LogP contribution is 2.24. The standard InChI is InChI=1S/C16H9Br2NO/c17-11-7-10(8-12(18)9-11)16(20)14-3-1-5-15-13(14)4-2-6-19-15/h1-9H. The molecule has 1 heterocycles. The normalized spacial score (nSPS) is 10.7. The molecule has 0 spiro atoms. The second-order valence-corrected chi connectivity index (χ2v) is 6.19. The van der Waals surface area contributed by atoms with Crippen LogP contribution < -0.4 is 0 Å². The number of nitrogens with zero attached hydrogens (tertiary/aromatic N) is 1. The molecule has 3 aromatic rings. The van der Waals surface area contributed by atoms with Crippen molar-refractivity contribution in [2.75, 3.05) is 0 Å². The van der Waals surface area contributed by atoms with Gasteiger partial charge in [0.1, 0.15) is 0 Å². The van der Waals surface area contributed by atoms with E-state index >= 15 is 0 Å². The number of carbonyl (C=O) groups excluding carboxylic acids is 1. The van der Waals surface area contributed by atoms with E-state index in [1.165, 1.54) is 0 Å². The van der Waals surface area contributed by atoms with Crippen molar-refractivity contribution in [3.8, 4) is 0 Å². The van der Waals surface area contributed by atoms with Gasteiger partial charge in [-0.2, -0.15) is 0 Å². The number of halogens is 2. The molecule has 0 saturated heterocycles. The van der Waals surface area contributed by atoms with E-state index in [9.17, 15) is 4.79 Å². The van der Waals surface area contributed by atoms with Gasteiger partial charge in [0.05, 0.1) is 5.52 Å². The molecule has 1 aromatic heterocycles. The van der Waals surface area contributed by atoms with Crippen molar-refractivity contribution < 1.29 is 4.79 Å². The van der Waals surface area contributed by atoms with Gasteiger partial charge in [0.15, 0.2) is 5.78 Å². The first-order valence-electron chi connectivity index (χ1n) is 6.00.